The van der Waals surface area contributed by atoms with E-state index in [-0.39, 0.29) is 5.75 Å². The number of phenolic OH excluding ortho intramolecular Hbond substituents is 1. The summed E-state index contributed by atoms with van der Waals surface area (Å²) in [6.07, 6.45) is 0. The molecule has 32 heavy (non-hydrogen) atoms. The minimum absolute atomic E-state index is 0.105. The molecule has 2 fully saturated rings. The van der Waals surface area contributed by atoms with E-state index in [9.17, 15) is 5.11 Å². The van der Waals surface area contributed by atoms with E-state index in [0.29, 0.717) is 42.7 Å². The van der Waals surface area contributed by atoms with Gasteiger partial charge in [0.1, 0.15) is 18.1 Å². The Balaban J connectivity index is 1.60. The van der Waals surface area contributed by atoms with Gasteiger partial charge in [-0.1, -0.05) is 11.6 Å². The van der Waals surface area contributed by atoms with Crippen molar-refractivity contribution in [2.45, 2.75) is 6.92 Å². The summed E-state index contributed by atoms with van der Waals surface area (Å²) in [7, 11) is 0. The molecular weight excluding hydrogens is 410 g/mol. The predicted octanol–water partition coefficient (Wildman–Crippen LogP) is 1.35. The van der Waals surface area contributed by atoms with Crippen LogP contribution < -0.4 is 15.5 Å². The topological polar surface area (TPSA) is 106 Å². The third-order valence-corrected chi connectivity index (χ3v) is 5.70. The van der Waals surface area contributed by atoms with E-state index in [1.807, 2.05) is 31.2 Å². The molecule has 2 saturated heterocycles. The molecule has 0 spiro atoms. The number of morpholine rings is 2. The van der Waals surface area contributed by atoms with E-state index >= 15 is 0 Å². The number of benzene rings is 1. The highest BCUT2D eigenvalue weighted by molar-refractivity contribution is 6.13. The monoisotopic (exact) mass is 441 g/mol. The molecule has 0 saturated carbocycles. The van der Waals surface area contributed by atoms with Crippen LogP contribution in [0.15, 0.2) is 35.4 Å². The molecule has 0 amide bonds. The van der Waals surface area contributed by atoms with Crippen molar-refractivity contribution in [3.05, 3.63) is 47.2 Å². The first-order valence-corrected chi connectivity index (χ1v) is 11.0. The normalized spacial score (nSPS) is 18.0. The van der Waals surface area contributed by atoms with Gasteiger partial charge in [0.15, 0.2) is 0 Å². The van der Waals surface area contributed by atoms with Gasteiger partial charge in [0.05, 0.1) is 32.1 Å². The van der Waals surface area contributed by atoms with Crippen LogP contribution in [0.2, 0.25) is 0 Å². The maximum Gasteiger partial charge on any atom is 0.215 e. The Kier molecular flexibility index (Phi) is 7.41. The summed E-state index contributed by atoms with van der Waals surface area (Å²) in [4.78, 5) is 9.23. The number of rotatable bonds is 7. The van der Waals surface area contributed by atoms with Crippen molar-refractivity contribution < 1.29 is 19.3 Å². The molecule has 1 aromatic heterocycles. The van der Waals surface area contributed by atoms with Gasteiger partial charge in [-0.2, -0.15) is 5.10 Å². The molecule has 0 bridgehead atoms. The number of nitrogens with two attached hydrogens (primary N) is 1. The fourth-order valence-corrected chi connectivity index (χ4v) is 3.91. The molecule has 2 aliphatic rings. The molecule has 4 rings (SSSR count). The average Bonchev–Trinajstić information content (AvgIpc) is 2.83. The Labute approximate surface area is 188 Å². The largest absolute Gasteiger partial charge is 0.507 e. The second kappa shape index (κ2) is 10.6. The SMILES string of the molecule is Cc1ccc(O)c(C(=NN)c2cc(N3CCOCC3)cc(OCCN3CCOCC3)n2)c1. The zero-order chi connectivity index (χ0) is 22.3. The van der Waals surface area contributed by atoms with Crippen molar-refractivity contribution in [2.75, 3.05) is 70.7 Å². The highest BCUT2D eigenvalue weighted by Gasteiger charge is 2.19. The van der Waals surface area contributed by atoms with Gasteiger partial charge in [-0.15, -0.1) is 0 Å². The van der Waals surface area contributed by atoms with Crippen LogP contribution in [0, 0.1) is 6.92 Å². The van der Waals surface area contributed by atoms with Crippen LogP contribution in [-0.4, -0.2) is 86.5 Å². The molecule has 0 radical (unpaired) electrons. The number of aryl methyl sites for hydroxylation is 1. The highest BCUT2D eigenvalue weighted by Crippen LogP contribution is 2.27. The third-order valence-electron chi connectivity index (χ3n) is 5.70. The third kappa shape index (κ3) is 5.48. The van der Waals surface area contributed by atoms with E-state index in [0.717, 1.165) is 57.2 Å². The smallest absolute Gasteiger partial charge is 0.215 e. The number of hydrazone groups is 1. The summed E-state index contributed by atoms with van der Waals surface area (Å²) in [6.45, 7) is 9.50. The Morgan fingerprint density at radius 2 is 1.81 bits per heavy atom. The molecule has 0 aliphatic carbocycles. The maximum absolute atomic E-state index is 10.4. The number of anilines is 1. The minimum Gasteiger partial charge on any atom is -0.507 e. The van der Waals surface area contributed by atoms with Crippen molar-refractivity contribution in [1.82, 2.24) is 9.88 Å². The van der Waals surface area contributed by atoms with E-state index in [4.69, 9.17) is 20.1 Å². The zero-order valence-corrected chi connectivity index (χ0v) is 18.5. The van der Waals surface area contributed by atoms with Crippen LogP contribution in [-0.2, 0) is 9.47 Å². The van der Waals surface area contributed by atoms with Gasteiger partial charge >= 0.3 is 0 Å². The second-order valence-electron chi connectivity index (χ2n) is 7.95. The Morgan fingerprint density at radius 1 is 1.09 bits per heavy atom. The van der Waals surface area contributed by atoms with Gasteiger partial charge in [-0.25, -0.2) is 4.98 Å². The lowest BCUT2D eigenvalue weighted by Crippen LogP contribution is -2.38. The molecule has 0 atom stereocenters. The Hall–Kier alpha value is -2.88. The number of aromatic hydroxyl groups is 1. The van der Waals surface area contributed by atoms with Gasteiger partial charge in [0.25, 0.3) is 0 Å². The van der Waals surface area contributed by atoms with Crippen LogP contribution in [0.25, 0.3) is 0 Å². The van der Waals surface area contributed by atoms with Crippen molar-refractivity contribution >= 4 is 11.4 Å². The summed E-state index contributed by atoms with van der Waals surface area (Å²) >= 11 is 0. The quantitative estimate of drug-likeness (QED) is 0.377. The van der Waals surface area contributed by atoms with Crippen molar-refractivity contribution in [3.8, 4) is 11.6 Å². The van der Waals surface area contributed by atoms with E-state index in [1.165, 1.54) is 0 Å². The first-order valence-electron chi connectivity index (χ1n) is 11.0. The average molecular weight is 442 g/mol. The summed E-state index contributed by atoms with van der Waals surface area (Å²) in [5, 5.41) is 14.4. The maximum atomic E-state index is 10.4. The lowest BCUT2D eigenvalue weighted by molar-refractivity contribution is 0.0320. The van der Waals surface area contributed by atoms with Crippen LogP contribution in [0.3, 0.4) is 0 Å². The molecule has 2 aromatic rings. The van der Waals surface area contributed by atoms with Gasteiger partial charge in [0.2, 0.25) is 5.88 Å². The molecule has 9 nitrogen and oxygen atoms in total. The highest BCUT2D eigenvalue weighted by atomic mass is 16.5. The lowest BCUT2D eigenvalue weighted by atomic mass is 10.0. The number of phenols is 1. The lowest BCUT2D eigenvalue weighted by Gasteiger charge is -2.29. The van der Waals surface area contributed by atoms with Crippen LogP contribution in [0.4, 0.5) is 5.69 Å². The summed E-state index contributed by atoms with van der Waals surface area (Å²) in [6, 6.07) is 9.21. The molecule has 3 N–H and O–H groups in total. The van der Waals surface area contributed by atoms with Gasteiger partial charge in [-0.3, -0.25) is 4.90 Å². The van der Waals surface area contributed by atoms with Crippen molar-refractivity contribution in [3.63, 3.8) is 0 Å². The number of hydrogen-bond acceptors (Lipinski definition) is 9. The fraction of sp³-hybridized carbons (Fsp3) is 0.478. The molecule has 0 unspecified atom stereocenters. The first-order chi connectivity index (χ1) is 15.6. The molecular formula is C23H31N5O4. The van der Waals surface area contributed by atoms with Crippen LogP contribution >= 0.6 is 0 Å². The number of aromatic nitrogens is 1. The minimum atomic E-state index is 0.105. The zero-order valence-electron chi connectivity index (χ0n) is 18.5. The summed E-state index contributed by atoms with van der Waals surface area (Å²) < 4.78 is 17.0. The standard InChI is InChI=1S/C23H31N5O4/c1-17-2-3-21(29)19(14-17)23(26-24)20-15-18(28-7-11-31-12-8-28)16-22(25-20)32-13-6-27-4-9-30-10-5-27/h2-3,14-16,29H,4-13,24H2,1H3. The van der Waals surface area contributed by atoms with Crippen molar-refractivity contribution in [1.29, 1.82) is 0 Å². The van der Waals surface area contributed by atoms with E-state index in [2.05, 4.69) is 19.9 Å². The number of pyridine rings is 1. The molecule has 1 aromatic carbocycles. The fourth-order valence-electron chi connectivity index (χ4n) is 3.91. The summed E-state index contributed by atoms with van der Waals surface area (Å²) in [5.41, 5.74) is 3.47. The van der Waals surface area contributed by atoms with Crippen LogP contribution in [0.1, 0.15) is 16.8 Å². The molecule has 172 valence electrons. The molecule has 9 heteroatoms. The summed E-state index contributed by atoms with van der Waals surface area (Å²) in [5.74, 6) is 6.39. The number of ether oxygens (including phenoxy) is 3. The van der Waals surface area contributed by atoms with Gasteiger partial charge in [-0.05, 0) is 25.1 Å². The van der Waals surface area contributed by atoms with Gasteiger partial charge in [0, 0.05) is 50.0 Å². The van der Waals surface area contributed by atoms with Gasteiger partial charge < -0.3 is 30.1 Å². The molecule has 3 heterocycles. The predicted molar refractivity (Wildman–Crippen MR) is 123 cm³/mol. The Morgan fingerprint density at radius 3 is 2.53 bits per heavy atom. The molecule has 2 aliphatic heterocycles. The van der Waals surface area contributed by atoms with Crippen LogP contribution in [0.5, 0.6) is 11.6 Å². The van der Waals surface area contributed by atoms with Crippen molar-refractivity contribution in [2.24, 2.45) is 10.9 Å². The van der Waals surface area contributed by atoms with E-state index < -0.39 is 0 Å². The Bertz CT molecular complexity index is 940. The van der Waals surface area contributed by atoms with E-state index in [1.54, 1.807) is 6.07 Å². The second-order valence-corrected chi connectivity index (χ2v) is 7.95. The first kappa shape index (κ1) is 22.3. The number of hydrogen-bond donors (Lipinski definition) is 2. The number of nitrogens with zero attached hydrogens (tertiary/aromatic N) is 4.